The largest absolute Gasteiger partial charge is 0.481 e. The van der Waals surface area contributed by atoms with Gasteiger partial charge in [0.2, 0.25) is 11.8 Å². The molecule has 0 radical (unpaired) electrons. The van der Waals surface area contributed by atoms with E-state index in [0.29, 0.717) is 29.8 Å². The van der Waals surface area contributed by atoms with Gasteiger partial charge in [-0.05, 0) is 76.4 Å². The molecular weight excluding hydrogens is 426 g/mol. The third kappa shape index (κ3) is 5.61. The highest BCUT2D eigenvalue weighted by atomic mass is 16.5. The lowest BCUT2D eigenvalue weighted by atomic mass is 9.88. The lowest BCUT2D eigenvalue weighted by Crippen LogP contribution is -2.39. The minimum Gasteiger partial charge on any atom is -0.481 e. The topological polar surface area (TPSA) is 101 Å². The maximum atomic E-state index is 6.15. The maximum Gasteiger partial charge on any atom is 0.229 e. The van der Waals surface area contributed by atoms with Crippen molar-refractivity contribution in [2.24, 2.45) is 5.73 Å². The van der Waals surface area contributed by atoms with Crippen LogP contribution in [0.1, 0.15) is 75.7 Å². The van der Waals surface area contributed by atoms with E-state index in [2.05, 4.69) is 20.5 Å². The Hall–Kier alpha value is -2.45. The number of anilines is 3. The zero-order valence-corrected chi connectivity index (χ0v) is 20.4. The van der Waals surface area contributed by atoms with Crippen LogP contribution in [0.5, 0.6) is 5.88 Å². The molecule has 2 aromatic heterocycles. The predicted octanol–water partition coefficient (Wildman–Crippen LogP) is 4.43. The number of ether oxygens (including phenoxy) is 1. The zero-order valence-electron chi connectivity index (χ0n) is 20.4. The Balaban J connectivity index is 1.33. The van der Waals surface area contributed by atoms with E-state index in [1.165, 1.54) is 57.2 Å². The van der Waals surface area contributed by atoms with E-state index in [0.717, 1.165) is 43.2 Å². The molecular formula is C26H39N7O. The summed E-state index contributed by atoms with van der Waals surface area (Å²) in [6.07, 6.45) is 16.0. The number of nitrogens with one attached hydrogen (secondary N) is 2. The van der Waals surface area contributed by atoms with Crippen LogP contribution in [0.25, 0.3) is 0 Å². The normalized spacial score (nSPS) is 24.8. The van der Waals surface area contributed by atoms with Gasteiger partial charge in [0.05, 0.1) is 7.11 Å². The second kappa shape index (κ2) is 10.9. The van der Waals surface area contributed by atoms with Gasteiger partial charge in [0, 0.05) is 47.8 Å². The van der Waals surface area contributed by atoms with Crippen molar-refractivity contribution in [2.45, 2.75) is 88.3 Å². The first-order valence-corrected chi connectivity index (χ1v) is 13.1. The Bertz CT molecular complexity index is 932. The van der Waals surface area contributed by atoms with Crippen LogP contribution in [0, 0.1) is 0 Å². The van der Waals surface area contributed by atoms with Crippen molar-refractivity contribution in [1.29, 1.82) is 0 Å². The van der Waals surface area contributed by atoms with Crippen molar-refractivity contribution in [1.82, 2.24) is 19.9 Å². The zero-order chi connectivity index (χ0) is 23.3. The van der Waals surface area contributed by atoms with Crippen molar-refractivity contribution < 1.29 is 4.74 Å². The summed E-state index contributed by atoms with van der Waals surface area (Å²) in [6.45, 7) is 2.37. The summed E-state index contributed by atoms with van der Waals surface area (Å²) in [5.41, 5.74) is 8.28. The van der Waals surface area contributed by atoms with Gasteiger partial charge in [-0.3, -0.25) is 0 Å². The molecule has 34 heavy (non-hydrogen) atoms. The Labute approximate surface area is 203 Å². The van der Waals surface area contributed by atoms with Crippen LogP contribution in [0.4, 0.5) is 17.5 Å². The molecule has 3 fully saturated rings. The summed E-state index contributed by atoms with van der Waals surface area (Å²) in [5.74, 6) is 2.64. The summed E-state index contributed by atoms with van der Waals surface area (Å²) >= 11 is 0. The molecule has 0 aromatic carbocycles. The molecule has 0 atom stereocenters. The third-order valence-electron chi connectivity index (χ3n) is 7.94. The predicted molar refractivity (Wildman–Crippen MR) is 136 cm³/mol. The number of likely N-dealkylation sites (tertiary alicyclic amines) is 1. The van der Waals surface area contributed by atoms with Gasteiger partial charge in [0.25, 0.3) is 0 Å². The van der Waals surface area contributed by atoms with E-state index in [1.54, 1.807) is 13.3 Å². The average molecular weight is 466 g/mol. The minimum atomic E-state index is 0.335. The molecule has 0 spiro atoms. The van der Waals surface area contributed by atoms with Crippen molar-refractivity contribution in [3.05, 3.63) is 30.1 Å². The summed E-state index contributed by atoms with van der Waals surface area (Å²) in [5, 5.41) is 7.11. The lowest BCUT2D eigenvalue weighted by molar-refractivity contribution is 0.154. The molecule has 3 heterocycles. The van der Waals surface area contributed by atoms with Crippen LogP contribution in [0.15, 0.2) is 24.5 Å². The summed E-state index contributed by atoms with van der Waals surface area (Å²) < 4.78 is 5.25. The molecule has 2 aromatic rings. The van der Waals surface area contributed by atoms with Gasteiger partial charge in [-0.1, -0.05) is 12.8 Å². The minimum absolute atomic E-state index is 0.335. The average Bonchev–Trinajstić information content (AvgIpc) is 3.41. The fourth-order valence-electron chi connectivity index (χ4n) is 5.90. The molecule has 184 valence electrons. The van der Waals surface area contributed by atoms with Gasteiger partial charge < -0.3 is 26.0 Å². The van der Waals surface area contributed by atoms with Gasteiger partial charge in [0.15, 0.2) is 0 Å². The number of hydrogen-bond donors (Lipinski definition) is 3. The smallest absolute Gasteiger partial charge is 0.229 e. The standard InChI is InChI=1S/C26H39N7O/c1-34-24-16-21(10-13-28-24)31-26-29-17-23(25(32-26)30-20-8-6-19(27)7-9-20)18-11-14-33(15-12-18)22-4-2-3-5-22/h10,13,16-20,22H,2-9,11-12,14-15,27H2,1H3,(H2,28,29,30,31,32)/t19-,20-. The number of hydrogen-bond acceptors (Lipinski definition) is 8. The van der Waals surface area contributed by atoms with E-state index in [1.807, 2.05) is 18.3 Å². The first-order valence-electron chi connectivity index (χ1n) is 13.1. The Morgan fingerprint density at radius 2 is 1.76 bits per heavy atom. The molecule has 0 bridgehead atoms. The monoisotopic (exact) mass is 465 g/mol. The molecule has 0 unspecified atom stereocenters. The molecule has 1 aliphatic heterocycles. The number of nitrogens with zero attached hydrogens (tertiary/aromatic N) is 4. The highest BCUT2D eigenvalue weighted by molar-refractivity contribution is 5.57. The highest BCUT2D eigenvalue weighted by Crippen LogP contribution is 2.36. The maximum absolute atomic E-state index is 6.15. The Morgan fingerprint density at radius 3 is 2.50 bits per heavy atom. The fourth-order valence-corrected chi connectivity index (χ4v) is 5.90. The highest BCUT2D eigenvalue weighted by Gasteiger charge is 2.30. The number of piperidine rings is 1. The molecule has 1 saturated heterocycles. The Morgan fingerprint density at radius 1 is 1.00 bits per heavy atom. The van der Waals surface area contributed by atoms with Gasteiger partial charge in [-0.2, -0.15) is 4.98 Å². The number of rotatable bonds is 7. The second-order valence-corrected chi connectivity index (χ2v) is 10.2. The first-order chi connectivity index (χ1) is 16.7. The van der Waals surface area contributed by atoms with Crippen LogP contribution >= 0.6 is 0 Å². The molecule has 2 aliphatic carbocycles. The van der Waals surface area contributed by atoms with Crippen LogP contribution in [-0.2, 0) is 0 Å². The molecule has 8 heteroatoms. The quantitative estimate of drug-likeness (QED) is 0.552. The van der Waals surface area contributed by atoms with Crippen molar-refractivity contribution in [2.75, 3.05) is 30.8 Å². The van der Waals surface area contributed by atoms with Gasteiger partial charge >= 0.3 is 0 Å². The molecule has 3 aliphatic rings. The van der Waals surface area contributed by atoms with E-state index < -0.39 is 0 Å². The SMILES string of the molecule is COc1cc(Nc2ncc(C3CCN(C4CCCC4)CC3)c(N[C@H]3CC[C@H](N)CC3)n2)ccn1. The van der Waals surface area contributed by atoms with Crippen LogP contribution in [0.2, 0.25) is 0 Å². The van der Waals surface area contributed by atoms with Crippen molar-refractivity contribution in [3.63, 3.8) is 0 Å². The number of methoxy groups -OCH3 is 1. The van der Waals surface area contributed by atoms with E-state index in [4.69, 9.17) is 20.4 Å². The van der Waals surface area contributed by atoms with Gasteiger partial charge in [0.1, 0.15) is 5.82 Å². The van der Waals surface area contributed by atoms with Gasteiger partial charge in [-0.15, -0.1) is 0 Å². The van der Waals surface area contributed by atoms with E-state index in [-0.39, 0.29) is 0 Å². The van der Waals surface area contributed by atoms with Crippen LogP contribution in [-0.4, -0.2) is 58.2 Å². The second-order valence-electron chi connectivity index (χ2n) is 10.2. The summed E-state index contributed by atoms with van der Waals surface area (Å²) in [6, 6.07) is 5.31. The van der Waals surface area contributed by atoms with Gasteiger partial charge in [-0.25, -0.2) is 9.97 Å². The first kappa shape index (κ1) is 23.3. The number of pyridine rings is 1. The number of aromatic nitrogens is 3. The Kier molecular flexibility index (Phi) is 7.45. The molecule has 0 amide bonds. The summed E-state index contributed by atoms with van der Waals surface area (Å²) in [4.78, 5) is 16.6. The van der Waals surface area contributed by atoms with Crippen LogP contribution < -0.4 is 21.1 Å². The third-order valence-corrected chi connectivity index (χ3v) is 7.94. The van der Waals surface area contributed by atoms with E-state index >= 15 is 0 Å². The van der Waals surface area contributed by atoms with Crippen molar-refractivity contribution in [3.8, 4) is 5.88 Å². The van der Waals surface area contributed by atoms with E-state index in [9.17, 15) is 0 Å². The van der Waals surface area contributed by atoms with Crippen molar-refractivity contribution >= 4 is 17.5 Å². The fraction of sp³-hybridized carbons (Fsp3) is 0.654. The summed E-state index contributed by atoms with van der Waals surface area (Å²) in [7, 11) is 1.62. The molecule has 5 rings (SSSR count). The number of nitrogens with two attached hydrogens (primary N) is 1. The molecule has 4 N–H and O–H groups in total. The lowest BCUT2D eigenvalue weighted by Gasteiger charge is -2.37. The van der Waals surface area contributed by atoms with Crippen LogP contribution in [0.3, 0.4) is 0 Å². The molecule has 8 nitrogen and oxygen atoms in total. The molecule has 2 saturated carbocycles.